The van der Waals surface area contributed by atoms with E-state index in [0.29, 0.717) is 5.82 Å². The van der Waals surface area contributed by atoms with Crippen LogP contribution in [0.3, 0.4) is 0 Å². The molecule has 0 saturated carbocycles. The molecule has 1 aromatic heterocycles. The Labute approximate surface area is 165 Å². The summed E-state index contributed by atoms with van der Waals surface area (Å²) in [6.07, 6.45) is 0.413. The van der Waals surface area contributed by atoms with Gasteiger partial charge in [0.2, 0.25) is 5.91 Å². The van der Waals surface area contributed by atoms with E-state index in [4.69, 9.17) is 4.74 Å². The van der Waals surface area contributed by atoms with Gasteiger partial charge in [0.1, 0.15) is 11.4 Å². The Morgan fingerprint density at radius 3 is 2.43 bits per heavy atom. The summed E-state index contributed by atoms with van der Waals surface area (Å²) in [6.45, 7) is 11.8. The number of carbonyl (C=O) groups excluding carboxylic acids is 2. The predicted molar refractivity (Wildman–Crippen MR) is 105 cm³/mol. The van der Waals surface area contributed by atoms with Crippen LogP contribution in [0.4, 0.5) is 19.4 Å². The van der Waals surface area contributed by atoms with Gasteiger partial charge in [0.25, 0.3) is 5.92 Å². The largest absolute Gasteiger partial charge is 0.444 e. The fourth-order valence-electron chi connectivity index (χ4n) is 2.64. The smallest absolute Gasteiger partial charge is 0.410 e. The average Bonchev–Trinajstić information content (AvgIpc) is 2.86. The van der Waals surface area contributed by atoms with Crippen LogP contribution in [0, 0.1) is 19.8 Å². The molecular weight excluding hydrogens is 368 g/mol. The minimum absolute atomic E-state index is 0.227. The highest BCUT2D eigenvalue weighted by molar-refractivity contribution is 5.90. The number of aryl methyl sites for hydroxylation is 2. The number of hydrogen-bond donors (Lipinski definition) is 1. The highest BCUT2D eigenvalue weighted by Gasteiger charge is 2.50. The summed E-state index contributed by atoms with van der Waals surface area (Å²) < 4.78 is 33.6. The van der Waals surface area contributed by atoms with Crippen molar-refractivity contribution in [1.82, 2.24) is 9.88 Å². The Hall–Kier alpha value is -2.25. The van der Waals surface area contributed by atoms with Crippen LogP contribution < -0.4 is 5.32 Å². The van der Waals surface area contributed by atoms with E-state index >= 15 is 0 Å². The van der Waals surface area contributed by atoms with Crippen molar-refractivity contribution in [3.8, 4) is 0 Å². The summed E-state index contributed by atoms with van der Waals surface area (Å²) >= 11 is 0. The van der Waals surface area contributed by atoms with Crippen LogP contribution in [0.25, 0.3) is 0 Å². The van der Waals surface area contributed by atoms with E-state index in [0.717, 1.165) is 16.0 Å². The van der Waals surface area contributed by atoms with Crippen LogP contribution in [0.1, 0.15) is 52.2 Å². The molecule has 0 aliphatic carbocycles. The quantitative estimate of drug-likeness (QED) is 0.809. The normalized spacial score (nSPS) is 18.2. The van der Waals surface area contributed by atoms with Crippen molar-refractivity contribution in [2.45, 2.75) is 66.4 Å². The third kappa shape index (κ3) is 6.73. The maximum atomic E-state index is 14.2. The van der Waals surface area contributed by atoms with Crippen molar-refractivity contribution >= 4 is 17.8 Å². The molecule has 2 heterocycles. The fourth-order valence-corrected chi connectivity index (χ4v) is 2.64. The molecule has 1 saturated heterocycles. The summed E-state index contributed by atoms with van der Waals surface area (Å²) in [6, 6.07) is 1.69. The van der Waals surface area contributed by atoms with E-state index < -0.39 is 42.4 Å². The first kappa shape index (κ1) is 23.8. The summed E-state index contributed by atoms with van der Waals surface area (Å²) in [7, 11) is 0. The Balaban J connectivity index is 0.00000190. The monoisotopic (exact) mass is 399 g/mol. The zero-order chi connectivity index (χ0) is 21.7. The van der Waals surface area contributed by atoms with Gasteiger partial charge < -0.3 is 15.0 Å². The highest BCUT2D eigenvalue weighted by atomic mass is 19.3. The molecular formula is C20H31F2N3O3. The molecule has 158 valence electrons. The molecule has 8 heteroatoms. The third-order valence-electron chi connectivity index (χ3n) is 4.16. The Morgan fingerprint density at radius 2 is 1.89 bits per heavy atom. The Morgan fingerprint density at radius 1 is 1.29 bits per heavy atom. The van der Waals surface area contributed by atoms with Gasteiger partial charge in [-0.2, -0.15) is 0 Å². The van der Waals surface area contributed by atoms with Gasteiger partial charge in [-0.1, -0.05) is 13.8 Å². The molecule has 1 fully saturated rings. The number of nitrogens with one attached hydrogen (secondary N) is 1. The van der Waals surface area contributed by atoms with Crippen LogP contribution in [-0.4, -0.2) is 46.5 Å². The Kier molecular flexibility index (Phi) is 7.90. The molecule has 0 bridgehead atoms. The molecule has 1 unspecified atom stereocenters. The van der Waals surface area contributed by atoms with Gasteiger partial charge >= 0.3 is 6.09 Å². The molecule has 0 aromatic carbocycles. The average molecular weight is 399 g/mol. The molecule has 6 nitrogen and oxygen atoms in total. The minimum atomic E-state index is -3.15. The SMILES string of the molecule is CC.Cc1cnc(NC(=O)CC2CN(C(=O)OC(C)(C)C)CC2(F)F)cc1C. The van der Waals surface area contributed by atoms with Crippen molar-refractivity contribution in [1.29, 1.82) is 0 Å². The highest BCUT2D eigenvalue weighted by Crippen LogP contribution is 2.36. The number of hydrogen-bond acceptors (Lipinski definition) is 4. The van der Waals surface area contributed by atoms with E-state index in [1.165, 1.54) is 0 Å². The van der Waals surface area contributed by atoms with Gasteiger partial charge in [0.05, 0.1) is 12.5 Å². The number of anilines is 1. The lowest BCUT2D eigenvalue weighted by atomic mass is 10.0. The lowest BCUT2D eigenvalue weighted by Crippen LogP contribution is -2.36. The van der Waals surface area contributed by atoms with E-state index in [1.807, 2.05) is 27.7 Å². The summed E-state index contributed by atoms with van der Waals surface area (Å²) in [5, 5.41) is 2.54. The van der Waals surface area contributed by atoms with Gasteiger partial charge in [0.15, 0.2) is 0 Å². The molecule has 0 radical (unpaired) electrons. The molecule has 1 aliphatic rings. The van der Waals surface area contributed by atoms with Gasteiger partial charge in [-0.05, 0) is 51.8 Å². The first-order valence-corrected chi connectivity index (χ1v) is 9.46. The van der Waals surface area contributed by atoms with Gasteiger partial charge in [-0.25, -0.2) is 18.6 Å². The van der Waals surface area contributed by atoms with Crippen LogP contribution in [0.15, 0.2) is 12.3 Å². The maximum absolute atomic E-state index is 14.2. The summed E-state index contributed by atoms with van der Waals surface area (Å²) in [5.41, 5.74) is 1.15. The second-order valence-electron chi connectivity index (χ2n) is 7.72. The maximum Gasteiger partial charge on any atom is 0.410 e. The molecule has 2 rings (SSSR count). The molecule has 1 aromatic rings. The van der Waals surface area contributed by atoms with E-state index in [9.17, 15) is 18.4 Å². The van der Waals surface area contributed by atoms with E-state index in [-0.39, 0.29) is 6.54 Å². The number of alkyl halides is 2. The molecule has 1 N–H and O–H groups in total. The number of rotatable bonds is 3. The fraction of sp³-hybridized carbons (Fsp3) is 0.650. The first-order valence-electron chi connectivity index (χ1n) is 9.46. The predicted octanol–water partition coefficient (Wildman–Crippen LogP) is 4.56. The molecule has 1 atom stereocenters. The molecule has 2 amide bonds. The van der Waals surface area contributed by atoms with Crippen molar-refractivity contribution in [3.63, 3.8) is 0 Å². The zero-order valence-corrected chi connectivity index (χ0v) is 17.7. The minimum Gasteiger partial charge on any atom is -0.444 e. The molecule has 28 heavy (non-hydrogen) atoms. The van der Waals surface area contributed by atoms with Crippen LogP contribution >= 0.6 is 0 Å². The Bertz CT molecular complexity index is 702. The van der Waals surface area contributed by atoms with Crippen molar-refractivity contribution in [2.75, 3.05) is 18.4 Å². The van der Waals surface area contributed by atoms with Crippen LogP contribution in [0.5, 0.6) is 0 Å². The lowest BCUT2D eigenvalue weighted by Gasteiger charge is -2.24. The van der Waals surface area contributed by atoms with E-state index in [2.05, 4.69) is 10.3 Å². The van der Waals surface area contributed by atoms with Crippen molar-refractivity contribution in [2.24, 2.45) is 5.92 Å². The molecule has 0 spiro atoms. The van der Waals surface area contributed by atoms with Gasteiger partial charge in [-0.3, -0.25) is 4.79 Å². The number of carbonyl (C=O) groups is 2. The number of pyridine rings is 1. The number of likely N-dealkylation sites (tertiary alicyclic amines) is 1. The number of amides is 2. The second-order valence-corrected chi connectivity index (χ2v) is 7.72. The first-order chi connectivity index (χ1) is 12.9. The number of ether oxygens (including phenoxy) is 1. The van der Waals surface area contributed by atoms with Gasteiger partial charge in [0, 0.05) is 19.2 Å². The van der Waals surface area contributed by atoms with Crippen molar-refractivity contribution in [3.05, 3.63) is 23.4 Å². The summed E-state index contributed by atoms with van der Waals surface area (Å²) in [4.78, 5) is 29.2. The topological polar surface area (TPSA) is 71.5 Å². The van der Waals surface area contributed by atoms with Gasteiger partial charge in [-0.15, -0.1) is 0 Å². The van der Waals surface area contributed by atoms with Crippen LogP contribution in [0.2, 0.25) is 0 Å². The lowest BCUT2D eigenvalue weighted by molar-refractivity contribution is -0.120. The van der Waals surface area contributed by atoms with E-state index in [1.54, 1.807) is 33.0 Å². The number of halogens is 2. The summed E-state index contributed by atoms with van der Waals surface area (Å²) in [5.74, 6) is -4.65. The molecule has 1 aliphatic heterocycles. The standard InChI is InChI=1S/C18H25F2N3O3.C2H6/c1-11-6-14(21-8-12(11)2)22-15(24)7-13-9-23(10-18(13,19)20)16(25)26-17(3,4)5;1-2/h6,8,13H,7,9-10H2,1-5H3,(H,21,22,24);1-2H3. The number of nitrogens with zero attached hydrogens (tertiary/aromatic N) is 2. The third-order valence-corrected chi connectivity index (χ3v) is 4.16. The second kappa shape index (κ2) is 9.30. The van der Waals surface area contributed by atoms with Crippen molar-refractivity contribution < 1.29 is 23.1 Å². The van der Waals surface area contributed by atoms with Crippen LogP contribution in [-0.2, 0) is 9.53 Å². The number of aromatic nitrogens is 1. The zero-order valence-electron chi connectivity index (χ0n) is 17.7.